The molecule has 6 nitrogen and oxygen atoms in total. The summed E-state index contributed by atoms with van der Waals surface area (Å²) in [6.07, 6.45) is -2.77. The van der Waals surface area contributed by atoms with Crippen molar-refractivity contribution in [3.63, 3.8) is 0 Å². The van der Waals surface area contributed by atoms with Crippen LogP contribution in [0.15, 0.2) is 16.7 Å². The van der Waals surface area contributed by atoms with Gasteiger partial charge in [-0.1, -0.05) is 0 Å². The fraction of sp³-hybridized carbons (Fsp3) is 0.500. The number of aryl methyl sites for hydroxylation is 2. The lowest BCUT2D eigenvalue weighted by Crippen LogP contribution is -2.31. The van der Waals surface area contributed by atoms with Gasteiger partial charge in [0.25, 0.3) is 0 Å². The van der Waals surface area contributed by atoms with Gasteiger partial charge in [-0.25, -0.2) is 0 Å². The standard InChI is InChI=1S/C14H17BrF3N5O/c1-4-22-6-10(15)11(20-22)7-21(3)13(24)8-23-12(14(16,17)18)5-9(2)19-23/h5-6H,4,7-8H2,1-3H3. The Morgan fingerprint density at radius 2 is 2.04 bits per heavy atom. The van der Waals surface area contributed by atoms with Crippen molar-refractivity contribution in [2.24, 2.45) is 0 Å². The Morgan fingerprint density at radius 3 is 2.58 bits per heavy atom. The van der Waals surface area contributed by atoms with E-state index in [0.29, 0.717) is 16.9 Å². The summed E-state index contributed by atoms with van der Waals surface area (Å²) < 4.78 is 42.0. The van der Waals surface area contributed by atoms with E-state index in [1.165, 1.54) is 18.9 Å². The lowest BCUT2D eigenvalue weighted by atomic mass is 10.3. The van der Waals surface area contributed by atoms with Crippen molar-refractivity contribution in [3.8, 4) is 0 Å². The minimum absolute atomic E-state index is 0.189. The normalized spacial score (nSPS) is 11.8. The summed E-state index contributed by atoms with van der Waals surface area (Å²) in [6, 6.07) is 0.923. The average molecular weight is 408 g/mol. The summed E-state index contributed by atoms with van der Waals surface area (Å²) in [5.74, 6) is -0.485. The molecule has 1 amide bonds. The van der Waals surface area contributed by atoms with Gasteiger partial charge in [0.2, 0.25) is 5.91 Å². The van der Waals surface area contributed by atoms with Gasteiger partial charge in [-0.3, -0.25) is 14.2 Å². The minimum atomic E-state index is -4.55. The highest BCUT2D eigenvalue weighted by atomic mass is 79.9. The second-order valence-electron chi connectivity index (χ2n) is 5.36. The van der Waals surface area contributed by atoms with Crippen molar-refractivity contribution in [3.05, 3.63) is 33.8 Å². The van der Waals surface area contributed by atoms with Crippen LogP contribution in [0.25, 0.3) is 0 Å². The highest BCUT2D eigenvalue weighted by Gasteiger charge is 2.36. The summed E-state index contributed by atoms with van der Waals surface area (Å²) >= 11 is 3.36. The van der Waals surface area contributed by atoms with Gasteiger partial charge in [-0.15, -0.1) is 0 Å². The highest BCUT2D eigenvalue weighted by Crippen LogP contribution is 2.29. The molecular weight excluding hydrogens is 391 g/mol. The highest BCUT2D eigenvalue weighted by molar-refractivity contribution is 9.10. The summed E-state index contributed by atoms with van der Waals surface area (Å²) in [6.45, 7) is 3.77. The van der Waals surface area contributed by atoms with Crippen LogP contribution in [0, 0.1) is 6.92 Å². The molecule has 0 saturated carbocycles. The largest absolute Gasteiger partial charge is 0.433 e. The smallest absolute Gasteiger partial charge is 0.338 e. The molecule has 0 radical (unpaired) electrons. The lowest BCUT2D eigenvalue weighted by Gasteiger charge is -2.17. The molecule has 2 heterocycles. The van der Waals surface area contributed by atoms with Crippen LogP contribution in [0.5, 0.6) is 0 Å². The number of likely N-dealkylation sites (N-methyl/N-ethyl adjacent to an activating group) is 1. The zero-order chi connectivity index (χ0) is 18.1. The van der Waals surface area contributed by atoms with Gasteiger partial charge in [0.15, 0.2) is 0 Å². The van der Waals surface area contributed by atoms with Crippen LogP contribution < -0.4 is 0 Å². The monoisotopic (exact) mass is 407 g/mol. The zero-order valence-corrected chi connectivity index (χ0v) is 15.0. The number of aromatic nitrogens is 4. The van der Waals surface area contributed by atoms with Crippen molar-refractivity contribution in [1.29, 1.82) is 0 Å². The number of carbonyl (C=O) groups excluding carboxylic acids is 1. The number of hydrogen-bond donors (Lipinski definition) is 0. The van der Waals surface area contributed by atoms with E-state index in [2.05, 4.69) is 26.1 Å². The molecule has 2 aromatic rings. The van der Waals surface area contributed by atoms with Crippen LogP contribution in [0.4, 0.5) is 13.2 Å². The molecule has 10 heteroatoms. The number of carbonyl (C=O) groups is 1. The summed E-state index contributed by atoms with van der Waals surface area (Å²) in [5, 5.41) is 8.05. The van der Waals surface area contributed by atoms with E-state index in [1.54, 1.807) is 10.9 Å². The van der Waals surface area contributed by atoms with E-state index in [0.717, 1.165) is 10.5 Å². The third-order valence-electron chi connectivity index (χ3n) is 3.40. The van der Waals surface area contributed by atoms with Crippen molar-refractivity contribution < 1.29 is 18.0 Å². The third kappa shape index (κ3) is 4.16. The van der Waals surface area contributed by atoms with Crippen LogP contribution in [0.2, 0.25) is 0 Å². The summed E-state index contributed by atoms with van der Waals surface area (Å²) in [7, 11) is 1.52. The first kappa shape index (κ1) is 18.5. The molecule has 0 spiro atoms. The van der Waals surface area contributed by atoms with E-state index in [1.807, 2.05) is 6.92 Å². The molecule has 2 rings (SSSR count). The maximum Gasteiger partial charge on any atom is 0.433 e. The Labute approximate surface area is 145 Å². The molecule has 132 valence electrons. The van der Waals surface area contributed by atoms with E-state index in [9.17, 15) is 18.0 Å². The van der Waals surface area contributed by atoms with Gasteiger partial charge in [-0.2, -0.15) is 23.4 Å². The van der Waals surface area contributed by atoms with Crippen LogP contribution in [-0.4, -0.2) is 37.4 Å². The second-order valence-corrected chi connectivity index (χ2v) is 6.21. The fourth-order valence-electron chi connectivity index (χ4n) is 2.16. The lowest BCUT2D eigenvalue weighted by molar-refractivity contribution is -0.145. The van der Waals surface area contributed by atoms with Crippen LogP contribution >= 0.6 is 15.9 Å². The van der Waals surface area contributed by atoms with E-state index in [4.69, 9.17) is 0 Å². The molecule has 0 N–H and O–H groups in total. The van der Waals surface area contributed by atoms with Gasteiger partial charge in [0.1, 0.15) is 12.2 Å². The molecular formula is C14H17BrF3N5O. The van der Waals surface area contributed by atoms with Gasteiger partial charge >= 0.3 is 6.18 Å². The van der Waals surface area contributed by atoms with E-state index >= 15 is 0 Å². The van der Waals surface area contributed by atoms with Gasteiger partial charge in [-0.05, 0) is 35.8 Å². The first-order chi connectivity index (χ1) is 11.1. The zero-order valence-electron chi connectivity index (χ0n) is 13.4. The van der Waals surface area contributed by atoms with Crippen molar-refractivity contribution >= 4 is 21.8 Å². The predicted octanol–water partition coefficient (Wildman–Crippen LogP) is 2.85. The maximum atomic E-state index is 13.0. The Hall–Kier alpha value is -1.84. The minimum Gasteiger partial charge on any atom is -0.338 e. The van der Waals surface area contributed by atoms with Crippen molar-refractivity contribution in [2.75, 3.05) is 7.05 Å². The first-order valence-electron chi connectivity index (χ1n) is 7.19. The molecule has 0 aliphatic heterocycles. The van der Waals surface area contributed by atoms with Gasteiger partial charge < -0.3 is 4.90 Å². The Bertz CT molecular complexity index is 737. The van der Waals surface area contributed by atoms with Crippen LogP contribution in [0.1, 0.15) is 24.0 Å². The SMILES string of the molecule is CCn1cc(Br)c(CN(C)C(=O)Cn2nc(C)cc2C(F)(F)F)n1. The van der Waals surface area contributed by atoms with E-state index < -0.39 is 24.3 Å². The van der Waals surface area contributed by atoms with Crippen LogP contribution in [0.3, 0.4) is 0 Å². The Balaban J connectivity index is 2.11. The molecule has 2 aromatic heterocycles. The van der Waals surface area contributed by atoms with Crippen molar-refractivity contribution in [1.82, 2.24) is 24.5 Å². The molecule has 0 atom stereocenters. The second kappa shape index (κ2) is 6.96. The number of amides is 1. The Kier molecular flexibility index (Phi) is 5.36. The number of halogens is 4. The first-order valence-corrected chi connectivity index (χ1v) is 7.98. The number of nitrogens with zero attached hydrogens (tertiary/aromatic N) is 5. The number of hydrogen-bond acceptors (Lipinski definition) is 3. The molecule has 0 aliphatic carbocycles. The van der Waals surface area contributed by atoms with Crippen molar-refractivity contribution in [2.45, 2.75) is 39.7 Å². The topological polar surface area (TPSA) is 56.0 Å². The summed E-state index contributed by atoms with van der Waals surface area (Å²) in [5.41, 5.74) is -0.0826. The van der Waals surface area contributed by atoms with Gasteiger partial charge in [0, 0.05) is 19.8 Å². The van der Waals surface area contributed by atoms with Crippen LogP contribution in [-0.2, 0) is 30.6 Å². The molecule has 24 heavy (non-hydrogen) atoms. The molecule has 0 aromatic carbocycles. The van der Waals surface area contributed by atoms with Gasteiger partial charge in [0.05, 0.1) is 22.4 Å². The average Bonchev–Trinajstić information content (AvgIpc) is 3.01. The molecule has 0 aliphatic rings. The number of rotatable bonds is 5. The summed E-state index contributed by atoms with van der Waals surface area (Å²) in [4.78, 5) is 13.6. The maximum absolute atomic E-state index is 13.0. The Morgan fingerprint density at radius 1 is 1.38 bits per heavy atom. The molecule has 0 saturated heterocycles. The predicted molar refractivity (Wildman–Crippen MR) is 84.0 cm³/mol. The molecule has 0 fully saturated rings. The van der Waals surface area contributed by atoms with E-state index in [-0.39, 0.29) is 12.2 Å². The third-order valence-corrected chi connectivity index (χ3v) is 4.06. The number of alkyl halides is 3. The fourth-order valence-corrected chi connectivity index (χ4v) is 2.60. The molecule has 0 unspecified atom stereocenters. The molecule has 0 bridgehead atoms. The quantitative estimate of drug-likeness (QED) is 0.765.